The summed E-state index contributed by atoms with van der Waals surface area (Å²) >= 11 is 11.7. The molecule has 2 N–H and O–H groups in total. The van der Waals surface area contributed by atoms with Crippen LogP contribution >= 0.6 is 35.6 Å². The Kier molecular flexibility index (Phi) is 6.87. The molecule has 0 bridgehead atoms. The molecule has 6 heteroatoms. The Balaban J connectivity index is 0.00000256. The molecule has 1 aromatic rings. The van der Waals surface area contributed by atoms with Gasteiger partial charge in [0.1, 0.15) is 0 Å². The fourth-order valence-electron chi connectivity index (χ4n) is 1.34. The highest BCUT2D eigenvalue weighted by Crippen LogP contribution is 2.23. The first-order valence-corrected chi connectivity index (χ1v) is 5.62. The lowest BCUT2D eigenvalue weighted by Crippen LogP contribution is -2.39. The van der Waals surface area contributed by atoms with Gasteiger partial charge in [-0.2, -0.15) is 0 Å². The van der Waals surface area contributed by atoms with Crippen LogP contribution in [-0.2, 0) is 11.3 Å². The minimum Gasteiger partial charge on any atom is -0.340 e. The molecule has 0 heterocycles. The van der Waals surface area contributed by atoms with Crippen molar-refractivity contribution < 1.29 is 4.79 Å². The highest BCUT2D eigenvalue weighted by atomic mass is 35.5. The number of nitrogens with zero attached hydrogens (tertiary/aromatic N) is 1. The van der Waals surface area contributed by atoms with Gasteiger partial charge in [0.2, 0.25) is 5.91 Å². The summed E-state index contributed by atoms with van der Waals surface area (Å²) in [4.78, 5) is 13.1. The van der Waals surface area contributed by atoms with Crippen LogP contribution in [0, 0.1) is 0 Å². The van der Waals surface area contributed by atoms with Crippen LogP contribution in [0.5, 0.6) is 0 Å². The Labute approximate surface area is 117 Å². The van der Waals surface area contributed by atoms with Gasteiger partial charge in [0.05, 0.1) is 16.1 Å². The van der Waals surface area contributed by atoms with E-state index < -0.39 is 6.04 Å². The lowest BCUT2D eigenvalue weighted by atomic mass is 10.2. The number of halogens is 3. The van der Waals surface area contributed by atoms with E-state index in [1.807, 2.05) is 6.07 Å². The second-order valence-corrected chi connectivity index (χ2v) is 4.55. The fourth-order valence-corrected chi connectivity index (χ4v) is 1.66. The molecule has 1 rings (SSSR count). The van der Waals surface area contributed by atoms with Crippen molar-refractivity contribution in [1.29, 1.82) is 0 Å². The van der Waals surface area contributed by atoms with E-state index >= 15 is 0 Å². The van der Waals surface area contributed by atoms with Crippen molar-refractivity contribution in [2.24, 2.45) is 5.73 Å². The largest absolute Gasteiger partial charge is 0.340 e. The van der Waals surface area contributed by atoms with Gasteiger partial charge in [-0.3, -0.25) is 4.79 Å². The van der Waals surface area contributed by atoms with E-state index in [4.69, 9.17) is 28.9 Å². The molecule has 0 fully saturated rings. The Morgan fingerprint density at radius 2 is 2.00 bits per heavy atom. The van der Waals surface area contributed by atoms with Crippen molar-refractivity contribution in [2.75, 3.05) is 7.05 Å². The molecule has 0 saturated heterocycles. The second kappa shape index (κ2) is 7.07. The molecule has 1 atom stereocenters. The summed E-state index contributed by atoms with van der Waals surface area (Å²) in [6.07, 6.45) is 0. The molecular formula is C11H15Cl3N2O. The van der Waals surface area contributed by atoms with Crippen molar-refractivity contribution >= 4 is 41.5 Å². The van der Waals surface area contributed by atoms with Crippen LogP contribution in [0.1, 0.15) is 12.5 Å². The summed E-state index contributed by atoms with van der Waals surface area (Å²) in [7, 11) is 1.70. The topological polar surface area (TPSA) is 46.3 Å². The molecule has 0 aliphatic carbocycles. The van der Waals surface area contributed by atoms with Gasteiger partial charge < -0.3 is 10.6 Å². The molecule has 1 unspecified atom stereocenters. The Morgan fingerprint density at radius 1 is 1.41 bits per heavy atom. The van der Waals surface area contributed by atoms with Crippen LogP contribution in [-0.4, -0.2) is 23.9 Å². The number of amides is 1. The third kappa shape index (κ3) is 4.72. The van der Waals surface area contributed by atoms with Crippen molar-refractivity contribution in [3.63, 3.8) is 0 Å². The van der Waals surface area contributed by atoms with Crippen LogP contribution in [0.15, 0.2) is 18.2 Å². The van der Waals surface area contributed by atoms with Crippen LogP contribution in [0.3, 0.4) is 0 Å². The highest BCUT2D eigenvalue weighted by molar-refractivity contribution is 6.42. The zero-order chi connectivity index (χ0) is 12.3. The van der Waals surface area contributed by atoms with Gasteiger partial charge in [0, 0.05) is 13.6 Å². The van der Waals surface area contributed by atoms with Crippen LogP contribution in [0.25, 0.3) is 0 Å². The number of rotatable bonds is 3. The summed E-state index contributed by atoms with van der Waals surface area (Å²) in [6.45, 7) is 2.13. The van der Waals surface area contributed by atoms with E-state index in [0.29, 0.717) is 16.6 Å². The predicted molar refractivity (Wildman–Crippen MR) is 73.8 cm³/mol. The lowest BCUT2D eigenvalue weighted by molar-refractivity contribution is -0.131. The molecule has 1 aromatic carbocycles. The Bertz CT molecular complexity index is 396. The smallest absolute Gasteiger partial charge is 0.239 e. The van der Waals surface area contributed by atoms with Gasteiger partial charge in [-0.25, -0.2) is 0 Å². The molecule has 0 aliphatic heterocycles. The molecule has 1 amide bonds. The molecule has 0 saturated carbocycles. The molecule has 96 valence electrons. The monoisotopic (exact) mass is 296 g/mol. The number of carbonyl (C=O) groups excluding carboxylic acids is 1. The van der Waals surface area contributed by atoms with Crippen molar-refractivity contribution in [3.05, 3.63) is 33.8 Å². The van der Waals surface area contributed by atoms with E-state index in [2.05, 4.69) is 0 Å². The maximum absolute atomic E-state index is 11.5. The molecule has 0 radical (unpaired) electrons. The van der Waals surface area contributed by atoms with E-state index in [9.17, 15) is 4.79 Å². The summed E-state index contributed by atoms with van der Waals surface area (Å²) < 4.78 is 0. The summed E-state index contributed by atoms with van der Waals surface area (Å²) in [6, 6.07) is 4.80. The third-order valence-corrected chi connectivity index (χ3v) is 2.91. The standard InChI is InChI=1S/C11H14Cl2N2O.ClH/c1-7(14)11(16)15(2)6-8-3-4-9(12)10(13)5-8;/h3-5,7H,6,14H2,1-2H3;1H. The second-order valence-electron chi connectivity index (χ2n) is 3.73. The third-order valence-electron chi connectivity index (χ3n) is 2.17. The average molecular weight is 298 g/mol. The number of likely N-dealkylation sites (N-methyl/N-ethyl adjacent to an activating group) is 1. The van der Waals surface area contributed by atoms with Gasteiger partial charge in [-0.15, -0.1) is 12.4 Å². The first kappa shape index (κ1) is 16.5. The molecule has 3 nitrogen and oxygen atoms in total. The Hall–Kier alpha value is -0.480. The lowest BCUT2D eigenvalue weighted by Gasteiger charge is -2.19. The SMILES string of the molecule is CC(N)C(=O)N(C)Cc1ccc(Cl)c(Cl)c1.Cl. The van der Waals surface area contributed by atoms with Crippen LogP contribution < -0.4 is 5.73 Å². The van der Waals surface area contributed by atoms with Crippen molar-refractivity contribution in [2.45, 2.75) is 19.5 Å². The zero-order valence-corrected chi connectivity index (χ0v) is 11.9. The summed E-state index contributed by atoms with van der Waals surface area (Å²) in [5.41, 5.74) is 6.43. The summed E-state index contributed by atoms with van der Waals surface area (Å²) in [5.74, 6) is -0.105. The molecule has 17 heavy (non-hydrogen) atoms. The number of benzene rings is 1. The van der Waals surface area contributed by atoms with E-state index in [-0.39, 0.29) is 18.3 Å². The average Bonchev–Trinajstić information content (AvgIpc) is 2.22. The minimum atomic E-state index is -0.493. The van der Waals surface area contributed by atoms with Gasteiger partial charge in [-0.1, -0.05) is 29.3 Å². The maximum Gasteiger partial charge on any atom is 0.239 e. The summed E-state index contributed by atoms with van der Waals surface area (Å²) in [5, 5.41) is 0.993. The van der Waals surface area contributed by atoms with Crippen molar-refractivity contribution in [3.8, 4) is 0 Å². The predicted octanol–water partition coefficient (Wildman–Crippen LogP) is 2.72. The normalized spacial score (nSPS) is 11.6. The maximum atomic E-state index is 11.5. The van der Waals surface area contributed by atoms with Gasteiger partial charge >= 0.3 is 0 Å². The Morgan fingerprint density at radius 3 is 2.47 bits per heavy atom. The minimum absolute atomic E-state index is 0. The molecular weight excluding hydrogens is 282 g/mol. The number of nitrogens with two attached hydrogens (primary N) is 1. The van der Waals surface area contributed by atoms with Crippen LogP contribution in [0.2, 0.25) is 10.0 Å². The highest BCUT2D eigenvalue weighted by Gasteiger charge is 2.13. The molecule has 0 aliphatic rings. The number of hydrogen-bond donors (Lipinski definition) is 1. The molecule has 0 aromatic heterocycles. The first-order chi connectivity index (χ1) is 7.41. The molecule has 0 spiro atoms. The quantitative estimate of drug-likeness (QED) is 0.932. The van der Waals surface area contributed by atoms with E-state index in [0.717, 1.165) is 5.56 Å². The first-order valence-electron chi connectivity index (χ1n) is 4.86. The van der Waals surface area contributed by atoms with E-state index in [1.54, 1.807) is 31.0 Å². The van der Waals surface area contributed by atoms with Gasteiger partial charge in [-0.05, 0) is 24.6 Å². The zero-order valence-electron chi connectivity index (χ0n) is 9.61. The van der Waals surface area contributed by atoms with Gasteiger partial charge in [0.15, 0.2) is 0 Å². The van der Waals surface area contributed by atoms with Crippen LogP contribution in [0.4, 0.5) is 0 Å². The van der Waals surface area contributed by atoms with Gasteiger partial charge in [0.25, 0.3) is 0 Å². The van der Waals surface area contributed by atoms with E-state index in [1.165, 1.54) is 0 Å². The fraction of sp³-hybridized carbons (Fsp3) is 0.364. The number of hydrogen-bond acceptors (Lipinski definition) is 2. The number of carbonyl (C=O) groups is 1. The van der Waals surface area contributed by atoms with Crippen molar-refractivity contribution in [1.82, 2.24) is 4.90 Å².